The first kappa shape index (κ1) is 31.6. The number of benzene rings is 4. The third kappa shape index (κ3) is 6.76. The number of nitrogens with zero attached hydrogens (tertiary/aromatic N) is 2. The highest BCUT2D eigenvalue weighted by Gasteiger charge is 2.43. The van der Waals surface area contributed by atoms with Crippen molar-refractivity contribution in [1.29, 1.82) is 0 Å². The Morgan fingerprint density at radius 2 is 1.53 bits per heavy atom. The number of halogens is 1. The molecule has 0 spiro atoms. The van der Waals surface area contributed by atoms with E-state index in [1.807, 2.05) is 97.9 Å². The molecule has 9 nitrogen and oxygen atoms in total. The Kier molecular flexibility index (Phi) is 9.08. The fourth-order valence-corrected chi connectivity index (χ4v) is 5.94. The molecule has 1 aliphatic heterocycles. The van der Waals surface area contributed by atoms with E-state index in [0.717, 1.165) is 22.3 Å². The van der Waals surface area contributed by atoms with Crippen molar-refractivity contribution in [2.24, 2.45) is 0 Å². The van der Waals surface area contributed by atoms with Gasteiger partial charge in [0.25, 0.3) is 0 Å². The van der Waals surface area contributed by atoms with Gasteiger partial charge in [-0.05, 0) is 49.1 Å². The van der Waals surface area contributed by atoms with E-state index in [0.29, 0.717) is 33.3 Å². The highest BCUT2D eigenvalue weighted by Crippen LogP contribution is 2.35. The molecule has 0 bridgehead atoms. The molecule has 3 atom stereocenters. The molecule has 1 aliphatic rings. The van der Waals surface area contributed by atoms with Crippen molar-refractivity contribution in [3.8, 4) is 22.5 Å². The van der Waals surface area contributed by atoms with Gasteiger partial charge in [0.15, 0.2) is 5.76 Å². The molecule has 0 aliphatic carbocycles. The van der Waals surface area contributed by atoms with E-state index in [2.05, 4.69) is 10.5 Å². The van der Waals surface area contributed by atoms with Gasteiger partial charge >= 0.3 is 12.2 Å². The van der Waals surface area contributed by atoms with E-state index >= 15 is 0 Å². The first-order chi connectivity index (χ1) is 22.7. The summed E-state index contributed by atoms with van der Waals surface area (Å²) in [5, 5.41) is 7.32. The lowest BCUT2D eigenvalue weighted by atomic mass is 10.00. The summed E-state index contributed by atoms with van der Waals surface area (Å²) in [5.41, 5.74) is 5.84. The van der Waals surface area contributed by atoms with Crippen LogP contribution in [0.15, 0.2) is 108 Å². The molecular weight excluding hydrogens is 618 g/mol. The first-order valence-corrected chi connectivity index (χ1v) is 15.5. The van der Waals surface area contributed by atoms with Crippen molar-refractivity contribution >= 4 is 35.4 Å². The molecule has 10 heteroatoms. The van der Waals surface area contributed by atoms with Gasteiger partial charge in [0.05, 0.1) is 12.5 Å². The van der Waals surface area contributed by atoms with Crippen LogP contribution in [0.5, 0.6) is 0 Å². The van der Waals surface area contributed by atoms with Gasteiger partial charge in [-0.15, -0.1) is 0 Å². The minimum absolute atomic E-state index is 0.0698. The van der Waals surface area contributed by atoms with Crippen LogP contribution >= 0.6 is 11.6 Å². The van der Waals surface area contributed by atoms with Crippen LogP contribution in [0.2, 0.25) is 5.02 Å². The van der Waals surface area contributed by atoms with Crippen LogP contribution in [-0.4, -0.2) is 34.2 Å². The lowest BCUT2D eigenvalue weighted by molar-refractivity contribution is -0.128. The number of rotatable bonds is 8. The minimum atomic E-state index is -0.660. The summed E-state index contributed by atoms with van der Waals surface area (Å²) in [4.78, 5) is 39.7. The van der Waals surface area contributed by atoms with Crippen molar-refractivity contribution in [1.82, 2.24) is 10.1 Å². The summed E-state index contributed by atoms with van der Waals surface area (Å²) in [5.74, 6) is 0.0847. The molecule has 47 heavy (non-hydrogen) atoms. The average molecular weight is 650 g/mol. The number of hydrogen-bond acceptors (Lipinski definition) is 7. The molecule has 0 saturated carbocycles. The second-order valence-corrected chi connectivity index (χ2v) is 11.7. The van der Waals surface area contributed by atoms with Gasteiger partial charge in [0.1, 0.15) is 23.6 Å². The van der Waals surface area contributed by atoms with Gasteiger partial charge in [-0.2, -0.15) is 0 Å². The molecule has 3 amide bonds. The van der Waals surface area contributed by atoms with Crippen LogP contribution in [0.3, 0.4) is 0 Å². The standard InChI is InChI=1S/C37H32ClN3O6/c1-22-33(39-36(43)45-24(3)30-11-7-8-12-31(30)38)35(47-40-22)29-19-17-27(18-20-29)26-15-13-25(14-16-26)21-32(42)41-23(2)34(46-37(41)44)28-9-5-4-6-10-28/h4-20,23-24,34H,21H2,1-3H3,(H,39,43). The largest absolute Gasteiger partial charge is 0.441 e. The molecule has 3 unspecified atom stereocenters. The van der Waals surface area contributed by atoms with Gasteiger partial charge in [0, 0.05) is 16.1 Å². The summed E-state index contributed by atoms with van der Waals surface area (Å²) < 4.78 is 16.7. The highest BCUT2D eigenvalue weighted by molar-refractivity contribution is 6.31. The Morgan fingerprint density at radius 3 is 2.21 bits per heavy atom. The number of anilines is 1. The van der Waals surface area contributed by atoms with Crippen molar-refractivity contribution in [2.75, 3.05) is 5.32 Å². The zero-order valence-electron chi connectivity index (χ0n) is 26.0. The number of hydrogen-bond donors (Lipinski definition) is 1. The molecule has 5 aromatic rings. The van der Waals surface area contributed by atoms with Crippen molar-refractivity contribution in [2.45, 2.75) is 45.4 Å². The molecule has 238 valence electrons. The highest BCUT2D eigenvalue weighted by atomic mass is 35.5. The lowest BCUT2D eigenvalue weighted by Gasteiger charge is -2.19. The summed E-state index contributed by atoms with van der Waals surface area (Å²) in [6.07, 6.45) is -2.28. The Labute approximate surface area is 277 Å². The summed E-state index contributed by atoms with van der Waals surface area (Å²) in [6.45, 7) is 5.30. The molecule has 1 fully saturated rings. The number of ether oxygens (including phenoxy) is 2. The first-order valence-electron chi connectivity index (χ1n) is 15.1. The maximum Gasteiger partial charge on any atom is 0.417 e. The van der Waals surface area contributed by atoms with Gasteiger partial charge in [-0.1, -0.05) is 114 Å². The number of nitrogens with one attached hydrogen (secondary N) is 1. The number of carbonyl (C=O) groups excluding carboxylic acids is 3. The van der Waals surface area contributed by atoms with Crippen molar-refractivity contribution < 1.29 is 28.4 Å². The minimum Gasteiger partial charge on any atom is -0.441 e. The second kappa shape index (κ2) is 13.5. The number of aryl methyl sites for hydroxylation is 1. The average Bonchev–Trinajstić information content (AvgIpc) is 3.59. The van der Waals surface area contributed by atoms with E-state index in [4.69, 9.17) is 25.6 Å². The summed E-state index contributed by atoms with van der Waals surface area (Å²) >= 11 is 6.25. The maximum absolute atomic E-state index is 13.1. The van der Waals surface area contributed by atoms with Crippen LogP contribution in [0.4, 0.5) is 15.3 Å². The smallest absolute Gasteiger partial charge is 0.417 e. The Bertz CT molecular complexity index is 1910. The van der Waals surface area contributed by atoms with Crippen LogP contribution in [-0.2, 0) is 20.7 Å². The molecule has 1 aromatic heterocycles. The normalized spacial score (nSPS) is 16.4. The maximum atomic E-state index is 13.1. The van der Waals surface area contributed by atoms with Crippen LogP contribution in [0.1, 0.15) is 48.4 Å². The Balaban J connectivity index is 1.09. The molecule has 6 rings (SSSR count). The van der Waals surface area contributed by atoms with Gasteiger partial charge in [0.2, 0.25) is 5.91 Å². The number of carbonyl (C=O) groups is 3. The fourth-order valence-electron chi connectivity index (χ4n) is 5.65. The topological polar surface area (TPSA) is 111 Å². The number of amides is 3. The van der Waals surface area contributed by atoms with Crippen LogP contribution < -0.4 is 5.32 Å². The SMILES string of the molecule is Cc1noc(-c2ccc(-c3ccc(CC(=O)N4C(=O)OC(c5ccccc5)C4C)cc3)cc2)c1NC(=O)OC(C)c1ccccc1Cl. The molecule has 1 N–H and O–H groups in total. The number of aromatic nitrogens is 1. The molecular formula is C37H32ClN3O6. The Hall–Kier alpha value is -5.41. The fraction of sp³-hybridized carbons (Fsp3) is 0.189. The van der Waals surface area contributed by atoms with E-state index in [9.17, 15) is 14.4 Å². The van der Waals surface area contributed by atoms with Crippen molar-refractivity contribution in [3.05, 3.63) is 131 Å². The third-order valence-corrected chi connectivity index (χ3v) is 8.52. The third-order valence-electron chi connectivity index (χ3n) is 8.17. The second-order valence-electron chi connectivity index (χ2n) is 11.3. The molecule has 0 radical (unpaired) electrons. The summed E-state index contributed by atoms with van der Waals surface area (Å²) in [7, 11) is 0. The Morgan fingerprint density at radius 1 is 0.915 bits per heavy atom. The predicted molar refractivity (Wildman–Crippen MR) is 178 cm³/mol. The number of cyclic esters (lactones) is 1. The quantitative estimate of drug-likeness (QED) is 0.179. The van der Waals surface area contributed by atoms with Gasteiger partial charge in [-0.25, -0.2) is 14.5 Å². The van der Waals surface area contributed by atoms with E-state index in [1.165, 1.54) is 4.90 Å². The van der Waals surface area contributed by atoms with Gasteiger partial charge in [-0.3, -0.25) is 10.1 Å². The van der Waals surface area contributed by atoms with E-state index < -0.39 is 30.4 Å². The van der Waals surface area contributed by atoms with E-state index in [1.54, 1.807) is 26.0 Å². The monoisotopic (exact) mass is 649 g/mol. The zero-order chi connectivity index (χ0) is 33.1. The lowest BCUT2D eigenvalue weighted by Crippen LogP contribution is -2.38. The zero-order valence-corrected chi connectivity index (χ0v) is 26.7. The molecule has 2 heterocycles. The molecule has 1 saturated heterocycles. The molecule has 4 aromatic carbocycles. The van der Waals surface area contributed by atoms with E-state index in [-0.39, 0.29) is 12.3 Å². The van der Waals surface area contributed by atoms with Crippen LogP contribution in [0.25, 0.3) is 22.5 Å². The van der Waals surface area contributed by atoms with Gasteiger partial charge < -0.3 is 14.0 Å². The van der Waals surface area contributed by atoms with Crippen LogP contribution in [0, 0.1) is 6.92 Å². The number of imide groups is 1. The van der Waals surface area contributed by atoms with Crippen molar-refractivity contribution in [3.63, 3.8) is 0 Å². The summed E-state index contributed by atoms with van der Waals surface area (Å²) in [6, 6.07) is 31.4. The predicted octanol–water partition coefficient (Wildman–Crippen LogP) is 8.93.